The third-order valence-electron chi connectivity index (χ3n) is 4.55. The molecule has 3 aromatic carbocycles. The number of aromatic hydroxyl groups is 1. The quantitative estimate of drug-likeness (QED) is 0.396. The summed E-state index contributed by atoms with van der Waals surface area (Å²) in [5.74, 6) is -0.558. The number of aryl methyl sites for hydroxylation is 1. The van der Waals surface area contributed by atoms with Crippen LogP contribution in [0.5, 0.6) is 5.75 Å². The third-order valence-corrected chi connectivity index (χ3v) is 4.55. The lowest BCUT2D eigenvalue weighted by atomic mass is 10.2. The van der Waals surface area contributed by atoms with E-state index in [9.17, 15) is 14.3 Å². The highest BCUT2D eigenvalue weighted by Crippen LogP contribution is 2.27. The van der Waals surface area contributed by atoms with Gasteiger partial charge in [0.05, 0.1) is 5.69 Å². The zero-order valence-corrected chi connectivity index (χ0v) is 15.7. The van der Waals surface area contributed by atoms with Crippen molar-refractivity contribution >= 4 is 28.3 Å². The van der Waals surface area contributed by atoms with Gasteiger partial charge in [0.1, 0.15) is 17.1 Å². The van der Waals surface area contributed by atoms with Crippen molar-refractivity contribution in [2.45, 2.75) is 13.5 Å². The van der Waals surface area contributed by atoms with E-state index >= 15 is 0 Å². The maximum absolute atomic E-state index is 13.0. The summed E-state index contributed by atoms with van der Waals surface area (Å²) < 4.78 is 18.6. The van der Waals surface area contributed by atoms with E-state index in [4.69, 9.17) is 4.42 Å². The highest BCUT2D eigenvalue weighted by atomic mass is 19.1. The van der Waals surface area contributed by atoms with Gasteiger partial charge in [-0.25, -0.2) is 4.39 Å². The number of hydrogen-bond acceptors (Lipinski definition) is 4. The number of benzene rings is 3. The van der Waals surface area contributed by atoms with Crippen molar-refractivity contribution in [3.8, 4) is 5.75 Å². The predicted octanol–water partition coefficient (Wildman–Crippen LogP) is 5.45. The lowest BCUT2D eigenvalue weighted by Gasteiger charge is -2.06. The number of hydrogen-bond donors (Lipinski definition) is 3. The summed E-state index contributed by atoms with van der Waals surface area (Å²) in [6.07, 6.45) is 0. The van der Waals surface area contributed by atoms with Gasteiger partial charge in [-0.1, -0.05) is 18.2 Å². The van der Waals surface area contributed by atoms with Crippen molar-refractivity contribution in [2.24, 2.45) is 0 Å². The average molecular weight is 390 g/mol. The summed E-state index contributed by atoms with van der Waals surface area (Å²) in [4.78, 5) is 12.5. The fourth-order valence-corrected chi connectivity index (χ4v) is 3.00. The molecule has 0 aliphatic heterocycles. The van der Waals surface area contributed by atoms with Crippen molar-refractivity contribution in [1.82, 2.24) is 0 Å². The monoisotopic (exact) mass is 390 g/mol. The standard InChI is InChI=1S/C23H19FN2O3/c1-14-2-8-19(20(27)10-14)26-23(28)22-12-16-11-18(7-9-21(16)29-22)25-13-15-3-5-17(24)6-4-15/h2-12,25,27H,13H2,1H3,(H,26,28). The number of halogens is 1. The Labute approximate surface area is 166 Å². The number of nitrogens with one attached hydrogen (secondary N) is 2. The number of furan rings is 1. The lowest BCUT2D eigenvalue weighted by Crippen LogP contribution is -2.10. The fourth-order valence-electron chi connectivity index (χ4n) is 3.00. The summed E-state index contributed by atoms with van der Waals surface area (Å²) >= 11 is 0. The van der Waals surface area contributed by atoms with Gasteiger partial charge in [-0.05, 0) is 66.6 Å². The Hall–Kier alpha value is -3.80. The van der Waals surface area contributed by atoms with Gasteiger partial charge in [0.15, 0.2) is 5.76 Å². The molecule has 0 saturated heterocycles. The molecule has 0 fully saturated rings. The van der Waals surface area contributed by atoms with Crippen LogP contribution in [0.25, 0.3) is 11.0 Å². The molecule has 0 aliphatic carbocycles. The fraction of sp³-hybridized carbons (Fsp3) is 0.0870. The van der Waals surface area contributed by atoms with Crippen LogP contribution in [0.15, 0.2) is 71.1 Å². The number of carbonyl (C=O) groups excluding carboxylic acids is 1. The molecule has 1 amide bonds. The second kappa shape index (κ2) is 7.67. The molecule has 4 aromatic rings. The van der Waals surface area contributed by atoms with Crippen LogP contribution in [0.2, 0.25) is 0 Å². The van der Waals surface area contributed by atoms with Crippen molar-refractivity contribution in [1.29, 1.82) is 0 Å². The normalized spacial score (nSPS) is 10.8. The SMILES string of the molecule is Cc1ccc(NC(=O)c2cc3cc(NCc4ccc(F)cc4)ccc3o2)c(O)c1. The van der Waals surface area contributed by atoms with Crippen LogP contribution < -0.4 is 10.6 Å². The van der Waals surface area contributed by atoms with Gasteiger partial charge in [-0.15, -0.1) is 0 Å². The predicted molar refractivity (Wildman–Crippen MR) is 111 cm³/mol. The van der Waals surface area contributed by atoms with Gasteiger partial charge in [0.25, 0.3) is 5.91 Å². The minimum atomic E-state index is -0.443. The molecule has 29 heavy (non-hydrogen) atoms. The highest BCUT2D eigenvalue weighted by Gasteiger charge is 2.14. The van der Waals surface area contributed by atoms with E-state index in [1.807, 2.05) is 19.1 Å². The smallest absolute Gasteiger partial charge is 0.291 e. The van der Waals surface area contributed by atoms with Crippen LogP contribution in [0.3, 0.4) is 0 Å². The molecule has 0 saturated carbocycles. The number of anilines is 2. The first-order valence-electron chi connectivity index (χ1n) is 9.11. The summed E-state index contributed by atoms with van der Waals surface area (Å²) in [7, 11) is 0. The second-order valence-electron chi connectivity index (χ2n) is 6.82. The Morgan fingerprint density at radius 3 is 2.59 bits per heavy atom. The van der Waals surface area contributed by atoms with Crippen molar-refractivity contribution in [3.05, 3.63) is 89.4 Å². The van der Waals surface area contributed by atoms with Gasteiger partial charge < -0.3 is 20.2 Å². The van der Waals surface area contributed by atoms with Crippen LogP contribution in [0, 0.1) is 12.7 Å². The molecule has 0 unspecified atom stereocenters. The summed E-state index contributed by atoms with van der Waals surface area (Å²) in [5, 5.41) is 16.6. The topological polar surface area (TPSA) is 74.5 Å². The Morgan fingerprint density at radius 2 is 1.83 bits per heavy atom. The Kier molecular flexibility index (Phi) is 4.91. The van der Waals surface area contributed by atoms with Crippen molar-refractivity contribution in [3.63, 3.8) is 0 Å². The minimum Gasteiger partial charge on any atom is -0.506 e. The molecule has 1 heterocycles. The molecule has 0 atom stereocenters. The van der Waals surface area contributed by atoms with E-state index in [0.717, 1.165) is 22.2 Å². The van der Waals surface area contributed by atoms with Crippen LogP contribution in [0.4, 0.5) is 15.8 Å². The molecule has 6 heteroatoms. The van der Waals surface area contributed by atoms with Gasteiger partial charge in [-0.3, -0.25) is 4.79 Å². The van der Waals surface area contributed by atoms with Crippen LogP contribution in [-0.4, -0.2) is 11.0 Å². The number of carbonyl (C=O) groups is 1. The highest BCUT2D eigenvalue weighted by molar-refractivity contribution is 6.05. The maximum Gasteiger partial charge on any atom is 0.291 e. The van der Waals surface area contributed by atoms with Crippen molar-refractivity contribution in [2.75, 3.05) is 10.6 Å². The first-order valence-corrected chi connectivity index (χ1v) is 9.11. The van der Waals surface area contributed by atoms with Crippen LogP contribution in [-0.2, 0) is 6.54 Å². The van der Waals surface area contributed by atoms with Crippen LogP contribution in [0.1, 0.15) is 21.7 Å². The van der Waals surface area contributed by atoms with E-state index < -0.39 is 5.91 Å². The largest absolute Gasteiger partial charge is 0.506 e. The molecule has 4 rings (SSSR count). The zero-order valence-electron chi connectivity index (χ0n) is 15.7. The molecule has 146 valence electrons. The summed E-state index contributed by atoms with van der Waals surface area (Å²) in [6.45, 7) is 2.40. The van der Waals surface area contributed by atoms with Gasteiger partial charge >= 0.3 is 0 Å². The molecule has 0 bridgehead atoms. The Balaban J connectivity index is 1.48. The first-order chi connectivity index (χ1) is 14.0. The van der Waals surface area contributed by atoms with E-state index in [-0.39, 0.29) is 17.3 Å². The molecular weight excluding hydrogens is 371 g/mol. The number of phenolic OH excluding ortho intramolecular Hbond substituents is 1. The number of phenols is 1. The van der Waals surface area contributed by atoms with E-state index in [0.29, 0.717) is 17.8 Å². The van der Waals surface area contributed by atoms with Gasteiger partial charge in [-0.2, -0.15) is 0 Å². The van der Waals surface area contributed by atoms with Gasteiger partial charge in [0, 0.05) is 17.6 Å². The number of amides is 1. The molecular formula is C23H19FN2O3. The van der Waals surface area contributed by atoms with E-state index in [1.54, 1.807) is 42.5 Å². The van der Waals surface area contributed by atoms with Crippen LogP contribution >= 0.6 is 0 Å². The second-order valence-corrected chi connectivity index (χ2v) is 6.82. The number of fused-ring (bicyclic) bond motifs is 1. The average Bonchev–Trinajstić information content (AvgIpc) is 3.13. The Bertz CT molecular complexity index is 1180. The van der Waals surface area contributed by atoms with E-state index in [1.165, 1.54) is 12.1 Å². The maximum atomic E-state index is 13.0. The minimum absolute atomic E-state index is 0.00161. The molecule has 3 N–H and O–H groups in total. The van der Waals surface area contributed by atoms with Gasteiger partial charge in [0.2, 0.25) is 0 Å². The summed E-state index contributed by atoms with van der Waals surface area (Å²) in [5.41, 5.74) is 3.60. The summed E-state index contributed by atoms with van der Waals surface area (Å²) in [6, 6.07) is 18.5. The zero-order chi connectivity index (χ0) is 20.4. The first kappa shape index (κ1) is 18.6. The lowest BCUT2D eigenvalue weighted by molar-refractivity contribution is 0.0998. The third kappa shape index (κ3) is 4.21. The molecule has 5 nitrogen and oxygen atoms in total. The van der Waals surface area contributed by atoms with Crippen molar-refractivity contribution < 1.29 is 18.7 Å². The molecule has 1 aromatic heterocycles. The molecule has 0 spiro atoms. The molecule has 0 aliphatic rings. The molecule has 0 radical (unpaired) electrons. The van der Waals surface area contributed by atoms with E-state index in [2.05, 4.69) is 10.6 Å². The number of rotatable bonds is 5. The Morgan fingerprint density at radius 1 is 1.03 bits per heavy atom.